The molecule has 0 saturated carbocycles. The predicted octanol–water partition coefficient (Wildman–Crippen LogP) is 2.36. The molecule has 1 unspecified atom stereocenters. The third kappa shape index (κ3) is 5.65. The molecule has 2 aromatic carbocycles. The maximum absolute atomic E-state index is 13.2. The number of nitrogens with zero attached hydrogens (tertiary/aromatic N) is 3. The van der Waals surface area contributed by atoms with E-state index in [1.54, 1.807) is 19.2 Å². The molecule has 2 heterocycles. The van der Waals surface area contributed by atoms with Gasteiger partial charge in [0, 0.05) is 30.0 Å². The number of aliphatic hydroxyl groups is 1. The maximum atomic E-state index is 13.2. The minimum atomic E-state index is -0.446. The molecular weight excluding hydrogens is 444 g/mol. The van der Waals surface area contributed by atoms with Crippen molar-refractivity contribution in [3.05, 3.63) is 58.7 Å². The number of rotatable bonds is 9. The number of hydrogen-bond donors (Lipinski definition) is 2. The van der Waals surface area contributed by atoms with E-state index >= 15 is 0 Å². The zero-order valence-corrected chi connectivity index (χ0v) is 19.4. The summed E-state index contributed by atoms with van der Waals surface area (Å²) in [5, 5.41) is 18.8. The van der Waals surface area contributed by atoms with E-state index in [1.807, 2.05) is 35.0 Å². The van der Waals surface area contributed by atoms with Crippen LogP contribution in [-0.4, -0.2) is 78.3 Å². The number of aromatic nitrogens is 2. The van der Waals surface area contributed by atoms with Gasteiger partial charge in [0.2, 0.25) is 0 Å². The molecule has 8 nitrogen and oxygen atoms in total. The van der Waals surface area contributed by atoms with Crippen LogP contribution in [0.3, 0.4) is 0 Å². The first-order chi connectivity index (χ1) is 16.1. The second kappa shape index (κ2) is 11.0. The third-order valence-corrected chi connectivity index (χ3v) is 6.10. The molecule has 0 aliphatic carbocycles. The van der Waals surface area contributed by atoms with Crippen LogP contribution in [0.1, 0.15) is 16.1 Å². The number of methoxy groups -OCH3 is 1. The maximum Gasteiger partial charge on any atom is 0.272 e. The number of carbonyl (C=O) groups excluding carboxylic acids is 1. The van der Waals surface area contributed by atoms with Crippen molar-refractivity contribution in [2.45, 2.75) is 19.0 Å². The van der Waals surface area contributed by atoms with Crippen LogP contribution in [0.4, 0.5) is 0 Å². The molecule has 176 valence electrons. The Morgan fingerprint density at radius 1 is 1.21 bits per heavy atom. The number of carbonyl (C=O) groups is 1. The summed E-state index contributed by atoms with van der Waals surface area (Å²) < 4.78 is 12.8. The molecule has 1 atom stereocenters. The summed E-state index contributed by atoms with van der Waals surface area (Å²) >= 11 is 5.96. The van der Waals surface area contributed by atoms with Gasteiger partial charge in [-0.25, -0.2) is 0 Å². The van der Waals surface area contributed by atoms with Gasteiger partial charge in [-0.05, 0) is 30.2 Å². The van der Waals surface area contributed by atoms with Gasteiger partial charge in [0.15, 0.2) is 5.69 Å². The monoisotopic (exact) mass is 472 g/mol. The highest BCUT2D eigenvalue weighted by atomic mass is 35.5. The fraction of sp³-hybridized carbons (Fsp3) is 0.417. The first-order valence-corrected chi connectivity index (χ1v) is 11.5. The molecule has 4 rings (SSSR count). The summed E-state index contributed by atoms with van der Waals surface area (Å²) in [7, 11) is 1.61. The Labute approximate surface area is 198 Å². The van der Waals surface area contributed by atoms with Gasteiger partial charge in [-0.1, -0.05) is 35.9 Å². The number of amides is 1. The number of hydrogen-bond acceptors (Lipinski definition) is 6. The van der Waals surface area contributed by atoms with Gasteiger partial charge in [0.05, 0.1) is 39.5 Å². The molecule has 1 aliphatic heterocycles. The van der Waals surface area contributed by atoms with Crippen molar-refractivity contribution in [3.8, 4) is 5.75 Å². The zero-order chi connectivity index (χ0) is 23.2. The molecule has 2 N–H and O–H groups in total. The highest BCUT2D eigenvalue weighted by Crippen LogP contribution is 2.28. The van der Waals surface area contributed by atoms with E-state index in [1.165, 1.54) is 0 Å². The Morgan fingerprint density at radius 3 is 2.67 bits per heavy atom. The summed E-state index contributed by atoms with van der Waals surface area (Å²) in [5.74, 6) is 0.340. The molecule has 3 aromatic rings. The van der Waals surface area contributed by atoms with Crippen LogP contribution >= 0.6 is 11.6 Å². The Balaban J connectivity index is 1.55. The van der Waals surface area contributed by atoms with E-state index in [0.717, 1.165) is 49.3 Å². The molecule has 1 aliphatic rings. The number of benzene rings is 2. The van der Waals surface area contributed by atoms with Gasteiger partial charge in [-0.3, -0.25) is 14.4 Å². The summed E-state index contributed by atoms with van der Waals surface area (Å²) in [5.41, 5.74) is 2.08. The van der Waals surface area contributed by atoms with Gasteiger partial charge >= 0.3 is 0 Å². The molecule has 1 amide bonds. The molecule has 1 saturated heterocycles. The number of nitrogens with one attached hydrogen (secondary N) is 1. The van der Waals surface area contributed by atoms with Crippen molar-refractivity contribution in [1.82, 2.24) is 20.0 Å². The Kier molecular flexibility index (Phi) is 7.82. The van der Waals surface area contributed by atoms with Gasteiger partial charge in [-0.15, -0.1) is 0 Å². The summed E-state index contributed by atoms with van der Waals surface area (Å²) in [6.07, 6.45) is 0.485. The van der Waals surface area contributed by atoms with Crippen molar-refractivity contribution in [2.75, 3.05) is 46.6 Å². The summed E-state index contributed by atoms with van der Waals surface area (Å²) in [4.78, 5) is 15.5. The third-order valence-electron chi connectivity index (χ3n) is 5.85. The van der Waals surface area contributed by atoms with Crippen molar-refractivity contribution in [2.24, 2.45) is 0 Å². The van der Waals surface area contributed by atoms with Crippen LogP contribution in [0, 0.1) is 0 Å². The molecule has 0 bridgehead atoms. The van der Waals surface area contributed by atoms with Crippen molar-refractivity contribution in [3.63, 3.8) is 0 Å². The molecular formula is C24H29ClN4O4. The number of aliphatic hydroxyl groups excluding tert-OH is 1. The lowest BCUT2D eigenvalue weighted by Gasteiger charge is -2.26. The van der Waals surface area contributed by atoms with Crippen LogP contribution in [0.5, 0.6) is 5.75 Å². The highest BCUT2D eigenvalue weighted by molar-refractivity contribution is 6.30. The van der Waals surface area contributed by atoms with E-state index in [9.17, 15) is 9.90 Å². The van der Waals surface area contributed by atoms with E-state index in [0.29, 0.717) is 29.4 Å². The van der Waals surface area contributed by atoms with E-state index in [2.05, 4.69) is 15.3 Å². The quantitative estimate of drug-likeness (QED) is 0.497. The van der Waals surface area contributed by atoms with Crippen molar-refractivity contribution < 1.29 is 19.4 Å². The second-order valence-electron chi connectivity index (χ2n) is 8.07. The predicted molar refractivity (Wildman–Crippen MR) is 127 cm³/mol. The lowest BCUT2D eigenvalue weighted by atomic mass is 10.1. The largest absolute Gasteiger partial charge is 0.494 e. The van der Waals surface area contributed by atoms with E-state index < -0.39 is 6.04 Å². The van der Waals surface area contributed by atoms with Crippen LogP contribution in [-0.2, 0) is 17.7 Å². The molecule has 33 heavy (non-hydrogen) atoms. The smallest absolute Gasteiger partial charge is 0.272 e. The van der Waals surface area contributed by atoms with Gasteiger partial charge in [0.1, 0.15) is 11.3 Å². The van der Waals surface area contributed by atoms with Crippen LogP contribution < -0.4 is 10.1 Å². The van der Waals surface area contributed by atoms with Crippen LogP contribution in [0.25, 0.3) is 10.9 Å². The van der Waals surface area contributed by atoms with E-state index in [4.69, 9.17) is 21.1 Å². The second-order valence-corrected chi connectivity index (χ2v) is 8.50. The zero-order valence-electron chi connectivity index (χ0n) is 18.7. The minimum absolute atomic E-state index is 0.187. The number of para-hydroxylation sites is 1. The average Bonchev–Trinajstić information content (AvgIpc) is 3.23. The minimum Gasteiger partial charge on any atom is -0.494 e. The fourth-order valence-electron chi connectivity index (χ4n) is 4.08. The number of ether oxygens (including phenoxy) is 2. The molecule has 1 fully saturated rings. The first kappa shape index (κ1) is 23.5. The van der Waals surface area contributed by atoms with Gasteiger partial charge in [-0.2, -0.15) is 5.10 Å². The fourth-order valence-corrected chi connectivity index (χ4v) is 4.21. The number of halogens is 1. The molecule has 0 spiro atoms. The number of fused-ring (bicyclic) bond motifs is 1. The van der Waals surface area contributed by atoms with Crippen molar-refractivity contribution in [1.29, 1.82) is 0 Å². The Morgan fingerprint density at radius 2 is 1.97 bits per heavy atom. The standard InChI is InChI=1S/C24H29ClN4O4/c1-32-21-4-2-3-20-22(27-29(23(20)21)10-9-28-11-13-33-14-12-28)24(31)26-19(16-30)15-17-5-7-18(25)8-6-17/h2-8,19,30H,9-16H2,1H3,(H,26,31). The first-order valence-electron chi connectivity index (χ1n) is 11.1. The van der Waals surface area contributed by atoms with Crippen LogP contribution in [0.2, 0.25) is 5.02 Å². The Bertz CT molecular complexity index is 1080. The summed E-state index contributed by atoms with van der Waals surface area (Å²) in [6.45, 7) is 4.46. The molecule has 0 radical (unpaired) electrons. The number of morpholine rings is 1. The van der Waals surface area contributed by atoms with Gasteiger partial charge < -0.3 is 19.9 Å². The SMILES string of the molecule is COc1cccc2c(C(=O)NC(CO)Cc3ccc(Cl)cc3)nn(CCN3CCOCC3)c12. The summed E-state index contributed by atoms with van der Waals surface area (Å²) in [6, 6.07) is 12.5. The average molecular weight is 473 g/mol. The lowest BCUT2D eigenvalue weighted by molar-refractivity contribution is 0.0361. The normalized spacial score (nSPS) is 15.5. The molecule has 1 aromatic heterocycles. The van der Waals surface area contributed by atoms with Crippen molar-refractivity contribution >= 4 is 28.4 Å². The van der Waals surface area contributed by atoms with E-state index in [-0.39, 0.29) is 12.5 Å². The lowest BCUT2D eigenvalue weighted by Crippen LogP contribution is -2.39. The van der Waals surface area contributed by atoms with Gasteiger partial charge in [0.25, 0.3) is 5.91 Å². The topological polar surface area (TPSA) is 88.8 Å². The van der Waals surface area contributed by atoms with Crippen LogP contribution in [0.15, 0.2) is 42.5 Å². The Hall–Kier alpha value is -2.65. The molecule has 9 heteroatoms. The highest BCUT2D eigenvalue weighted by Gasteiger charge is 2.23.